The molecule has 0 saturated carbocycles. The number of halogens is 2. The summed E-state index contributed by atoms with van der Waals surface area (Å²) in [6.07, 6.45) is 0. The zero-order valence-electron chi connectivity index (χ0n) is 8.47. The number of anilines is 1. The Labute approximate surface area is 98.8 Å². The van der Waals surface area contributed by atoms with Crippen LogP contribution in [0.5, 0.6) is 0 Å². The highest BCUT2D eigenvalue weighted by Gasteiger charge is 2.04. The fourth-order valence-corrected chi connectivity index (χ4v) is 1.58. The van der Waals surface area contributed by atoms with Gasteiger partial charge in [0.05, 0.1) is 0 Å². The van der Waals surface area contributed by atoms with E-state index in [0.717, 1.165) is 0 Å². The largest absolute Gasteiger partial charge is 0.336 e. The average Bonchev–Trinajstić information content (AvgIpc) is 1.98. The van der Waals surface area contributed by atoms with Crippen molar-refractivity contribution in [3.63, 3.8) is 0 Å². The molecule has 0 aliphatic carbocycles. The number of hydrogen-bond acceptors (Lipinski definition) is 1. The third kappa shape index (κ3) is 4.40. The zero-order valence-corrected chi connectivity index (χ0v) is 9.99. The van der Waals surface area contributed by atoms with Gasteiger partial charge in [0.1, 0.15) is 0 Å². The smallest absolute Gasteiger partial charge is 0.319 e. The molecule has 0 aromatic heterocycles. The van der Waals surface area contributed by atoms with Crippen LogP contribution in [-0.2, 0) is 0 Å². The molecule has 1 aromatic carbocycles. The van der Waals surface area contributed by atoms with Crippen LogP contribution >= 0.6 is 23.2 Å². The van der Waals surface area contributed by atoms with E-state index in [2.05, 4.69) is 10.6 Å². The van der Waals surface area contributed by atoms with E-state index in [1.165, 1.54) is 0 Å². The highest BCUT2D eigenvalue weighted by atomic mass is 35.5. The predicted octanol–water partition coefficient (Wildman–Crippen LogP) is 3.52. The number of carbonyl (C=O) groups is 1. The van der Waals surface area contributed by atoms with Crippen LogP contribution in [0.2, 0.25) is 10.0 Å². The number of amides is 2. The zero-order chi connectivity index (χ0) is 11.4. The van der Waals surface area contributed by atoms with Gasteiger partial charge in [0, 0.05) is 21.8 Å². The molecule has 0 aliphatic rings. The summed E-state index contributed by atoms with van der Waals surface area (Å²) >= 11 is 11.6. The number of nitrogens with one attached hydrogen (secondary N) is 2. The first-order chi connectivity index (χ1) is 6.97. The van der Waals surface area contributed by atoms with Gasteiger partial charge in [-0.15, -0.1) is 0 Å². The lowest BCUT2D eigenvalue weighted by Gasteiger charge is -2.10. The third-order valence-electron chi connectivity index (χ3n) is 1.54. The molecule has 15 heavy (non-hydrogen) atoms. The van der Waals surface area contributed by atoms with Crippen molar-refractivity contribution in [1.82, 2.24) is 5.32 Å². The molecular formula is C10H12Cl2N2O. The highest BCUT2D eigenvalue weighted by Crippen LogP contribution is 2.22. The Balaban J connectivity index is 2.68. The molecule has 0 spiro atoms. The second-order valence-electron chi connectivity index (χ2n) is 3.41. The van der Waals surface area contributed by atoms with Crippen LogP contribution in [0.3, 0.4) is 0 Å². The second-order valence-corrected chi connectivity index (χ2v) is 4.28. The monoisotopic (exact) mass is 246 g/mol. The molecule has 5 heteroatoms. The molecule has 2 amide bonds. The molecule has 3 nitrogen and oxygen atoms in total. The molecule has 0 atom stereocenters. The van der Waals surface area contributed by atoms with Crippen LogP contribution in [0.1, 0.15) is 13.8 Å². The van der Waals surface area contributed by atoms with Gasteiger partial charge in [-0.3, -0.25) is 0 Å². The molecule has 0 unspecified atom stereocenters. The van der Waals surface area contributed by atoms with Crippen molar-refractivity contribution in [3.8, 4) is 0 Å². The minimum atomic E-state index is -0.275. The summed E-state index contributed by atoms with van der Waals surface area (Å²) in [7, 11) is 0. The fourth-order valence-electron chi connectivity index (χ4n) is 1.06. The Bertz CT molecular complexity index is 346. The van der Waals surface area contributed by atoms with E-state index >= 15 is 0 Å². The summed E-state index contributed by atoms with van der Waals surface area (Å²) in [5.41, 5.74) is 0.575. The maximum atomic E-state index is 11.3. The molecule has 0 heterocycles. The van der Waals surface area contributed by atoms with Crippen LogP contribution < -0.4 is 10.6 Å². The van der Waals surface area contributed by atoms with Crippen molar-refractivity contribution in [2.75, 3.05) is 5.32 Å². The van der Waals surface area contributed by atoms with Gasteiger partial charge in [-0.2, -0.15) is 0 Å². The van der Waals surface area contributed by atoms with Crippen molar-refractivity contribution >= 4 is 34.9 Å². The van der Waals surface area contributed by atoms with Gasteiger partial charge in [0.15, 0.2) is 0 Å². The Hall–Kier alpha value is -0.930. The molecule has 0 bridgehead atoms. The van der Waals surface area contributed by atoms with Crippen LogP contribution in [0.15, 0.2) is 18.2 Å². The SMILES string of the molecule is CC(C)NC(=O)Nc1cc(Cl)cc(Cl)c1. The Morgan fingerprint density at radius 1 is 1.20 bits per heavy atom. The van der Waals surface area contributed by atoms with E-state index < -0.39 is 0 Å². The first kappa shape index (κ1) is 12.1. The van der Waals surface area contributed by atoms with Crippen molar-refractivity contribution in [1.29, 1.82) is 0 Å². The van der Waals surface area contributed by atoms with Crippen LogP contribution in [-0.4, -0.2) is 12.1 Å². The molecule has 82 valence electrons. The Morgan fingerprint density at radius 2 is 1.73 bits per heavy atom. The molecule has 0 radical (unpaired) electrons. The van der Waals surface area contributed by atoms with E-state index in [1.807, 2.05) is 13.8 Å². The lowest BCUT2D eigenvalue weighted by molar-refractivity contribution is 0.250. The van der Waals surface area contributed by atoms with Gasteiger partial charge in [-0.1, -0.05) is 23.2 Å². The second kappa shape index (κ2) is 5.24. The van der Waals surface area contributed by atoms with Crippen molar-refractivity contribution in [3.05, 3.63) is 28.2 Å². The number of benzene rings is 1. The van der Waals surface area contributed by atoms with Crippen molar-refractivity contribution in [2.45, 2.75) is 19.9 Å². The summed E-state index contributed by atoms with van der Waals surface area (Å²) in [4.78, 5) is 11.3. The van der Waals surface area contributed by atoms with Gasteiger partial charge in [0.2, 0.25) is 0 Å². The van der Waals surface area contributed by atoms with Crippen molar-refractivity contribution < 1.29 is 4.79 Å². The lowest BCUT2D eigenvalue weighted by atomic mass is 10.3. The maximum Gasteiger partial charge on any atom is 0.319 e. The summed E-state index contributed by atoms with van der Waals surface area (Å²) in [6.45, 7) is 3.76. The predicted molar refractivity (Wildman–Crippen MR) is 63.8 cm³/mol. The van der Waals surface area contributed by atoms with E-state index in [9.17, 15) is 4.79 Å². The molecule has 2 N–H and O–H groups in total. The number of hydrogen-bond donors (Lipinski definition) is 2. The Kier molecular flexibility index (Phi) is 4.24. The number of urea groups is 1. The van der Waals surface area contributed by atoms with Gasteiger partial charge < -0.3 is 10.6 Å². The maximum absolute atomic E-state index is 11.3. The molecular weight excluding hydrogens is 235 g/mol. The van der Waals surface area contributed by atoms with Gasteiger partial charge >= 0.3 is 6.03 Å². The molecule has 0 fully saturated rings. The first-order valence-electron chi connectivity index (χ1n) is 4.51. The lowest BCUT2D eigenvalue weighted by Crippen LogP contribution is -2.34. The summed E-state index contributed by atoms with van der Waals surface area (Å²) in [5, 5.41) is 6.31. The van der Waals surface area contributed by atoms with Crippen LogP contribution in [0.25, 0.3) is 0 Å². The average molecular weight is 247 g/mol. The standard InChI is InChI=1S/C10H12Cl2N2O/c1-6(2)13-10(15)14-9-4-7(11)3-8(12)5-9/h3-6H,1-2H3,(H2,13,14,15). The van der Waals surface area contributed by atoms with E-state index in [4.69, 9.17) is 23.2 Å². The Morgan fingerprint density at radius 3 is 2.20 bits per heavy atom. The van der Waals surface area contributed by atoms with E-state index in [-0.39, 0.29) is 12.1 Å². The molecule has 1 aromatic rings. The molecule has 1 rings (SSSR count). The fraction of sp³-hybridized carbons (Fsp3) is 0.300. The minimum Gasteiger partial charge on any atom is -0.336 e. The van der Waals surface area contributed by atoms with Gasteiger partial charge in [0.25, 0.3) is 0 Å². The first-order valence-corrected chi connectivity index (χ1v) is 5.26. The number of rotatable bonds is 2. The van der Waals surface area contributed by atoms with Crippen molar-refractivity contribution in [2.24, 2.45) is 0 Å². The summed E-state index contributed by atoms with van der Waals surface area (Å²) in [6, 6.07) is 4.68. The van der Waals surface area contributed by atoms with Gasteiger partial charge in [-0.05, 0) is 32.0 Å². The number of carbonyl (C=O) groups excluding carboxylic acids is 1. The van der Waals surface area contributed by atoms with E-state index in [0.29, 0.717) is 15.7 Å². The third-order valence-corrected chi connectivity index (χ3v) is 1.98. The summed E-state index contributed by atoms with van der Waals surface area (Å²) < 4.78 is 0. The highest BCUT2D eigenvalue weighted by molar-refractivity contribution is 6.35. The van der Waals surface area contributed by atoms with Gasteiger partial charge in [-0.25, -0.2) is 4.79 Å². The topological polar surface area (TPSA) is 41.1 Å². The van der Waals surface area contributed by atoms with Crippen LogP contribution in [0.4, 0.5) is 10.5 Å². The normalized spacial score (nSPS) is 10.2. The molecule has 0 saturated heterocycles. The summed E-state index contributed by atoms with van der Waals surface area (Å²) in [5.74, 6) is 0. The van der Waals surface area contributed by atoms with E-state index in [1.54, 1.807) is 18.2 Å². The van der Waals surface area contributed by atoms with Crippen LogP contribution in [0, 0.1) is 0 Å². The minimum absolute atomic E-state index is 0.0830. The quantitative estimate of drug-likeness (QED) is 0.824. The molecule has 0 aliphatic heterocycles.